The zero-order chi connectivity index (χ0) is 18.3. The highest BCUT2D eigenvalue weighted by Crippen LogP contribution is 2.33. The Hall–Kier alpha value is -2.64. The van der Waals surface area contributed by atoms with Gasteiger partial charge in [-0.25, -0.2) is 9.67 Å². The number of alkyl halides is 3. The van der Waals surface area contributed by atoms with Gasteiger partial charge in [0, 0.05) is 36.2 Å². The molecule has 1 aliphatic rings. The summed E-state index contributed by atoms with van der Waals surface area (Å²) < 4.78 is 40.6. The van der Waals surface area contributed by atoms with Crippen molar-refractivity contribution in [3.63, 3.8) is 0 Å². The van der Waals surface area contributed by atoms with Gasteiger partial charge in [0.2, 0.25) is 0 Å². The van der Waals surface area contributed by atoms with E-state index in [1.807, 2.05) is 11.6 Å². The summed E-state index contributed by atoms with van der Waals surface area (Å²) >= 11 is 0. The highest BCUT2D eigenvalue weighted by atomic mass is 19.4. The Labute approximate surface area is 148 Å². The molecule has 0 bridgehead atoms. The van der Waals surface area contributed by atoms with Crippen LogP contribution in [-0.4, -0.2) is 25.8 Å². The summed E-state index contributed by atoms with van der Waals surface area (Å²) in [5.41, 5.74) is 0.426. The van der Waals surface area contributed by atoms with E-state index in [0.717, 1.165) is 48.7 Å². The second-order valence-corrected chi connectivity index (χ2v) is 6.45. The Balaban J connectivity index is 1.59. The molecule has 0 radical (unpaired) electrons. The number of nitrogens with one attached hydrogen (secondary N) is 1. The highest BCUT2D eigenvalue weighted by molar-refractivity contribution is 5.91. The predicted octanol–water partition coefficient (Wildman–Crippen LogP) is 3.83. The van der Waals surface area contributed by atoms with E-state index in [1.54, 1.807) is 6.07 Å². The van der Waals surface area contributed by atoms with Gasteiger partial charge in [-0.05, 0) is 24.6 Å². The Morgan fingerprint density at radius 2 is 2.12 bits per heavy atom. The number of rotatable bonds is 3. The Morgan fingerprint density at radius 1 is 1.27 bits per heavy atom. The molecule has 1 unspecified atom stereocenters. The summed E-state index contributed by atoms with van der Waals surface area (Å²) in [4.78, 5) is 8.59. The highest BCUT2D eigenvalue weighted by Gasteiger charge is 2.30. The molecule has 0 fully saturated rings. The molecule has 1 aliphatic heterocycles. The van der Waals surface area contributed by atoms with Crippen molar-refractivity contribution >= 4 is 16.6 Å². The summed E-state index contributed by atoms with van der Waals surface area (Å²) in [5, 5.41) is 8.61. The van der Waals surface area contributed by atoms with Gasteiger partial charge < -0.3 is 5.32 Å². The maximum atomic E-state index is 12.9. The quantitative estimate of drug-likeness (QED) is 0.770. The summed E-state index contributed by atoms with van der Waals surface area (Å²) in [5.74, 6) is 1.84. The van der Waals surface area contributed by atoms with Gasteiger partial charge in [0.25, 0.3) is 0 Å². The molecule has 1 atom stereocenters. The molecule has 0 saturated carbocycles. The van der Waals surface area contributed by atoms with Gasteiger partial charge in [-0.15, -0.1) is 0 Å². The minimum absolute atomic E-state index is 0.141. The molecule has 0 saturated heterocycles. The fourth-order valence-electron chi connectivity index (χ4n) is 3.30. The number of benzene rings is 1. The molecule has 0 aliphatic carbocycles. The molecule has 3 aromatic rings. The van der Waals surface area contributed by atoms with E-state index in [9.17, 15) is 13.2 Å². The van der Waals surface area contributed by atoms with Crippen LogP contribution in [0.25, 0.3) is 10.9 Å². The molecule has 2 aromatic heterocycles. The van der Waals surface area contributed by atoms with E-state index < -0.39 is 11.7 Å². The van der Waals surface area contributed by atoms with Gasteiger partial charge in [-0.3, -0.25) is 4.98 Å². The third-order valence-electron chi connectivity index (χ3n) is 4.65. The largest absolute Gasteiger partial charge is 0.416 e. The van der Waals surface area contributed by atoms with Gasteiger partial charge in [-0.1, -0.05) is 13.0 Å². The zero-order valence-electron chi connectivity index (χ0n) is 14.2. The molecule has 3 heterocycles. The zero-order valence-corrected chi connectivity index (χ0v) is 14.2. The van der Waals surface area contributed by atoms with Gasteiger partial charge >= 0.3 is 6.18 Å². The van der Waals surface area contributed by atoms with Crippen LogP contribution in [-0.2, 0) is 25.6 Å². The van der Waals surface area contributed by atoms with Crippen LogP contribution in [0.15, 0.2) is 30.5 Å². The molecule has 1 N–H and O–H groups in total. The van der Waals surface area contributed by atoms with Crippen molar-refractivity contribution in [2.45, 2.75) is 44.9 Å². The summed E-state index contributed by atoms with van der Waals surface area (Å²) in [6.07, 6.45) is -0.320. The molecule has 8 heteroatoms. The molecular formula is C18H18F3N5. The lowest BCUT2D eigenvalue weighted by molar-refractivity contribution is -0.137. The molecule has 5 nitrogen and oxygen atoms in total. The summed E-state index contributed by atoms with van der Waals surface area (Å²) in [6, 6.07) is 5.60. The maximum absolute atomic E-state index is 12.9. The lowest BCUT2D eigenvalue weighted by atomic mass is 10.1. The van der Waals surface area contributed by atoms with Gasteiger partial charge in [0.1, 0.15) is 5.82 Å². The van der Waals surface area contributed by atoms with Crippen LogP contribution in [0, 0.1) is 0 Å². The third kappa shape index (κ3) is 3.11. The monoisotopic (exact) mass is 361 g/mol. The Bertz CT molecular complexity index is 948. The number of anilines is 1. The minimum Gasteiger partial charge on any atom is -0.380 e. The topological polar surface area (TPSA) is 55.6 Å². The summed E-state index contributed by atoms with van der Waals surface area (Å²) in [7, 11) is 0. The number of aryl methyl sites for hydroxylation is 2. The number of nitrogens with zero attached hydrogens (tertiary/aromatic N) is 4. The van der Waals surface area contributed by atoms with E-state index in [-0.39, 0.29) is 6.04 Å². The lowest BCUT2D eigenvalue weighted by Gasteiger charge is -2.25. The molecule has 0 amide bonds. The number of pyridine rings is 1. The first-order valence-corrected chi connectivity index (χ1v) is 8.59. The van der Waals surface area contributed by atoms with E-state index in [2.05, 4.69) is 20.4 Å². The van der Waals surface area contributed by atoms with E-state index in [4.69, 9.17) is 0 Å². The Morgan fingerprint density at radius 3 is 2.88 bits per heavy atom. The van der Waals surface area contributed by atoms with Crippen LogP contribution in [0.1, 0.15) is 30.6 Å². The van der Waals surface area contributed by atoms with Crippen molar-refractivity contribution in [1.82, 2.24) is 19.7 Å². The van der Waals surface area contributed by atoms with Crippen molar-refractivity contribution in [1.29, 1.82) is 0 Å². The van der Waals surface area contributed by atoms with Crippen molar-refractivity contribution in [2.75, 3.05) is 5.32 Å². The van der Waals surface area contributed by atoms with Crippen molar-refractivity contribution in [3.8, 4) is 0 Å². The smallest absolute Gasteiger partial charge is 0.380 e. The molecule has 1 aromatic carbocycles. The van der Waals surface area contributed by atoms with Crippen molar-refractivity contribution in [2.24, 2.45) is 0 Å². The fraction of sp³-hybridized carbons (Fsp3) is 0.389. The second kappa shape index (κ2) is 6.26. The molecule has 0 spiro atoms. The number of hydrogen-bond acceptors (Lipinski definition) is 4. The molecule has 26 heavy (non-hydrogen) atoms. The SMILES string of the molecule is CCc1nc2n(n1)CC(Nc1ccnc3cc(C(F)(F)F)ccc13)CC2. The number of hydrogen-bond donors (Lipinski definition) is 1. The van der Waals surface area contributed by atoms with Crippen LogP contribution in [0.3, 0.4) is 0 Å². The number of aromatic nitrogens is 4. The first-order chi connectivity index (χ1) is 12.4. The average molecular weight is 361 g/mol. The van der Waals surface area contributed by atoms with Crippen molar-refractivity contribution < 1.29 is 13.2 Å². The van der Waals surface area contributed by atoms with Gasteiger partial charge in [0.15, 0.2) is 5.82 Å². The van der Waals surface area contributed by atoms with Crippen LogP contribution in [0.4, 0.5) is 18.9 Å². The Kier molecular flexibility index (Phi) is 4.05. The first-order valence-electron chi connectivity index (χ1n) is 8.59. The average Bonchev–Trinajstić information content (AvgIpc) is 3.03. The van der Waals surface area contributed by atoms with E-state index in [0.29, 0.717) is 17.4 Å². The molecule has 136 valence electrons. The second-order valence-electron chi connectivity index (χ2n) is 6.45. The number of halogens is 3. The normalized spacial score (nSPS) is 17.3. The maximum Gasteiger partial charge on any atom is 0.416 e. The summed E-state index contributed by atoms with van der Waals surface area (Å²) in [6.45, 7) is 2.71. The molecular weight excluding hydrogens is 343 g/mol. The van der Waals surface area contributed by atoms with Crippen LogP contribution < -0.4 is 5.32 Å². The third-order valence-corrected chi connectivity index (χ3v) is 4.65. The van der Waals surface area contributed by atoms with Crippen LogP contribution >= 0.6 is 0 Å². The van der Waals surface area contributed by atoms with Crippen LogP contribution in [0.5, 0.6) is 0 Å². The van der Waals surface area contributed by atoms with E-state index >= 15 is 0 Å². The first kappa shape index (κ1) is 16.8. The lowest BCUT2D eigenvalue weighted by Crippen LogP contribution is -2.32. The number of fused-ring (bicyclic) bond motifs is 2. The standard InChI is InChI=1S/C18H18F3N5/c1-2-16-24-17-6-4-12(10-26(17)25-16)23-14-7-8-22-15-9-11(18(19,20)21)3-5-13(14)15/h3,5,7-9,12H,2,4,6,10H2,1H3,(H,22,23). The fourth-order valence-corrected chi connectivity index (χ4v) is 3.30. The van der Waals surface area contributed by atoms with E-state index in [1.165, 1.54) is 12.3 Å². The van der Waals surface area contributed by atoms with Gasteiger partial charge in [0.05, 0.1) is 17.6 Å². The van der Waals surface area contributed by atoms with Crippen molar-refractivity contribution in [3.05, 3.63) is 47.7 Å². The minimum atomic E-state index is -4.37. The van der Waals surface area contributed by atoms with Crippen LogP contribution in [0.2, 0.25) is 0 Å². The molecule has 4 rings (SSSR count). The predicted molar refractivity (Wildman–Crippen MR) is 91.9 cm³/mol. The van der Waals surface area contributed by atoms with Gasteiger partial charge in [-0.2, -0.15) is 18.3 Å².